The predicted octanol–water partition coefficient (Wildman–Crippen LogP) is 5.37. The summed E-state index contributed by atoms with van der Waals surface area (Å²) in [5.41, 5.74) is 5.53. The van der Waals surface area contributed by atoms with Crippen molar-refractivity contribution < 1.29 is 14.1 Å². The standard InChI is InChI=1S/C30H27BrN4O2/c31-24-13-10-22(11-14-24)12-15-27(36)29-28(23-6-2-1-3-7-23)32-30-34(17-16-33-18-20-37-21-19-33)25-8-4-5-9-26(25)35(29)30/h1-15H,16-21H2/p+1. The van der Waals surface area contributed by atoms with Gasteiger partial charge in [0.15, 0.2) is 5.69 Å². The fourth-order valence-electron chi connectivity index (χ4n) is 5.03. The molecule has 0 atom stereocenters. The molecule has 0 unspecified atom stereocenters. The van der Waals surface area contributed by atoms with Gasteiger partial charge in [0.25, 0.3) is 0 Å². The first-order valence-electron chi connectivity index (χ1n) is 12.6. The third-order valence-electron chi connectivity index (χ3n) is 6.91. The van der Waals surface area contributed by atoms with Crippen LogP contribution in [0.3, 0.4) is 0 Å². The van der Waals surface area contributed by atoms with E-state index in [1.54, 1.807) is 6.08 Å². The van der Waals surface area contributed by atoms with Crippen molar-refractivity contribution in [1.82, 2.24) is 14.3 Å². The van der Waals surface area contributed by atoms with Crippen LogP contribution in [0.25, 0.3) is 34.1 Å². The summed E-state index contributed by atoms with van der Waals surface area (Å²) in [6.45, 7) is 5.18. The molecule has 5 aromatic rings. The number of para-hydroxylation sites is 2. The maximum Gasteiger partial charge on any atom is 0.368 e. The number of benzene rings is 3. The fourth-order valence-corrected chi connectivity index (χ4v) is 5.29. The number of imidazole rings is 2. The van der Waals surface area contributed by atoms with Gasteiger partial charge in [-0.05, 0) is 35.9 Å². The number of morpholine rings is 1. The Morgan fingerprint density at radius 2 is 1.70 bits per heavy atom. The number of hydrogen-bond donors (Lipinski definition) is 1. The van der Waals surface area contributed by atoms with Crippen LogP contribution in [0, 0.1) is 0 Å². The van der Waals surface area contributed by atoms with Crippen LogP contribution in [0.5, 0.6) is 0 Å². The molecule has 0 bridgehead atoms. The van der Waals surface area contributed by atoms with Crippen LogP contribution in [0.4, 0.5) is 0 Å². The molecular weight excluding hydrogens is 528 g/mol. The summed E-state index contributed by atoms with van der Waals surface area (Å²) >= 11 is 3.47. The smallest absolute Gasteiger partial charge is 0.368 e. The predicted molar refractivity (Wildman–Crippen MR) is 150 cm³/mol. The number of H-pyrrole nitrogens is 1. The first kappa shape index (κ1) is 23.9. The highest BCUT2D eigenvalue weighted by atomic mass is 79.9. The number of hydrogen-bond acceptors (Lipinski definition) is 3. The minimum Gasteiger partial charge on any atom is -0.379 e. The minimum atomic E-state index is -0.0471. The molecule has 3 aromatic carbocycles. The zero-order chi connectivity index (χ0) is 25.2. The Balaban J connectivity index is 1.48. The molecule has 0 amide bonds. The number of nitrogens with zero attached hydrogens (tertiary/aromatic N) is 3. The number of ether oxygens (including phenoxy) is 1. The SMILES string of the molecule is O=C(C=Cc1ccc(Br)cc1)c1c(-c2ccccc2)[nH]c2n1c1ccccc1[n+]2CCN1CCOCC1. The van der Waals surface area contributed by atoms with Crippen molar-refractivity contribution >= 4 is 44.6 Å². The van der Waals surface area contributed by atoms with Crippen molar-refractivity contribution in [3.63, 3.8) is 0 Å². The maximum atomic E-state index is 13.8. The molecule has 6 rings (SSSR count). The average Bonchev–Trinajstić information content (AvgIpc) is 3.48. The molecule has 1 N–H and O–H groups in total. The molecule has 6 nitrogen and oxygen atoms in total. The largest absolute Gasteiger partial charge is 0.379 e. The van der Waals surface area contributed by atoms with Crippen LogP contribution in [0.15, 0.2) is 89.4 Å². The van der Waals surface area contributed by atoms with E-state index in [-0.39, 0.29) is 5.78 Å². The number of aromatic nitrogens is 3. The molecule has 7 heteroatoms. The maximum absolute atomic E-state index is 13.8. The van der Waals surface area contributed by atoms with Gasteiger partial charge in [-0.1, -0.05) is 76.6 Å². The summed E-state index contributed by atoms with van der Waals surface area (Å²) in [4.78, 5) is 19.9. The van der Waals surface area contributed by atoms with Gasteiger partial charge in [-0.25, -0.2) is 9.55 Å². The number of halogens is 1. The van der Waals surface area contributed by atoms with Crippen LogP contribution >= 0.6 is 15.9 Å². The monoisotopic (exact) mass is 555 g/mol. The quantitative estimate of drug-likeness (QED) is 0.167. The molecule has 0 aliphatic carbocycles. The number of carbonyl (C=O) groups is 1. The Morgan fingerprint density at radius 1 is 0.973 bits per heavy atom. The van der Waals surface area contributed by atoms with E-state index in [0.717, 1.165) is 77.5 Å². The molecule has 3 heterocycles. The summed E-state index contributed by atoms with van der Waals surface area (Å²) in [5, 5.41) is 0. The lowest BCUT2D eigenvalue weighted by Gasteiger charge is -2.25. The van der Waals surface area contributed by atoms with Crippen molar-refractivity contribution in [1.29, 1.82) is 0 Å². The minimum absolute atomic E-state index is 0.0471. The highest BCUT2D eigenvalue weighted by Crippen LogP contribution is 2.28. The van der Waals surface area contributed by atoms with E-state index < -0.39 is 0 Å². The number of nitrogens with one attached hydrogen (secondary N) is 1. The first-order chi connectivity index (χ1) is 18.2. The summed E-state index contributed by atoms with van der Waals surface area (Å²) < 4.78 is 10.9. The molecule has 1 fully saturated rings. The Bertz CT molecular complexity index is 1580. The van der Waals surface area contributed by atoms with E-state index in [0.29, 0.717) is 5.69 Å². The van der Waals surface area contributed by atoms with Gasteiger partial charge < -0.3 is 4.74 Å². The summed E-state index contributed by atoms with van der Waals surface area (Å²) in [6.07, 6.45) is 3.55. The lowest BCUT2D eigenvalue weighted by Crippen LogP contribution is -2.44. The van der Waals surface area contributed by atoms with Crippen molar-refractivity contribution in [3.05, 3.63) is 101 Å². The molecule has 1 aliphatic heterocycles. The van der Waals surface area contributed by atoms with Gasteiger partial charge >= 0.3 is 5.78 Å². The van der Waals surface area contributed by atoms with Gasteiger partial charge in [0.1, 0.15) is 16.7 Å². The molecule has 1 saturated heterocycles. The van der Waals surface area contributed by atoms with Gasteiger partial charge in [0.05, 0.1) is 19.8 Å². The Hall–Kier alpha value is -3.52. The second kappa shape index (κ2) is 10.5. The number of ketones is 1. The van der Waals surface area contributed by atoms with Crippen molar-refractivity contribution in [2.45, 2.75) is 6.54 Å². The van der Waals surface area contributed by atoms with Crippen LogP contribution < -0.4 is 4.57 Å². The number of allylic oxidation sites excluding steroid dienone is 1. The van der Waals surface area contributed by atoms with E-state index >= 15 is 0 Å². The number of aromatic amines is 1. The topological polar surface area (TPSA) is 53.6 Å². The van der Waals surface area contributed by atoms with E-state index in [2.05, 4.69) is 53.0 Å². The van der Waals surface area contributed by atoms with Crippen LogP contribution in [-0.4, -0.2) is 52.9 Å². The molecular formula is C30H28BrN4O2+. The fraction of sp³-hybridized carbons (Fsp3) is 0.200. The van der Waals surface area contributed by atoms with Crippen LogP contribution in [0.2, 0.25) is 0 Å². The summed E-state index contributed by atoms with van der Waals surface area (Å²) in [5.74, 6) is 0.864. The third-order valence-corrected chi connectivity index (χ3v) is 7.44. The van der Waals surface area contributed by atoms with E-state index in [1.807, 2.05) is 66.7 Å². The number of fused-ring (bicyclic) bond motifs is 3. The van der Waals surface area contributed by atoms with Crippen LogP contribution in [-0.2, 0) is 11.3 Å². The highest BCUT2D eigenvalue weighted by molar-refractivity contribution is 9.10. The molecule has 2 aromatic heterocycles. The Kier molecular flexibility index (Phi) is 6.74. The van der Waals surface area contributed by atoms with Crippen LogP contribution in [0.1, 0.15) is 16.1 Å². The van der Waals surface area contributed by atoms with Gasteiger partial charge in [0, 0.05) is 29.7 Å². The van der Waals surface area contributed by atoms with Gasteiger partial charge in [-0.2, -0.15) is 4.40 Å². The van der Waals surface area contributed by atoms with E-state index in [9.17, 15) is 4.79 Å². The molecule has 0 spiro atoms. The molecule has 0 radical (unpaired) electrons. The molecule has 37 heavy (non-hydrogen) atoms. The zero-order valence-electron chi connectivity index (χ0n) is 20.4. The highest BCUT2D eigenvalue weighted by Gasteiger charge is 2.30. The number of rotatable bonds is 7. The second-order valence-corrected chi connectivity index (χ2v) is 10.1. The Labute approximate surface area is 223 Å². The van der Waals surface area contributed by atoms with Gasteiger partial charge in [0.2, 0.25) is 5.78 Å². The van der Waals surface area contributed by atoms with Crippen molar-refractivity contribution in [2.75, 3.05) is 32.8 Å². The lowest BCUT2D eigenvalue weighted by atomic mass is 10.1. The summed E-state index contributed by atoms with van der Waals surface area (Å²) in [7, 11) is 0. The third kappa shape index (κ3) is 4.78. The first-order valence-corrected chi connectivity index (χ1v) is 13.4. The average molecular weight is 556 g/mol. The lowest BCUT2D eigenvalue weighted by molar-refractivity contribution is -0.647. The van der Waals surface area contributed by atoms with Crippen molar-refractivity contribution in [2.24, 2.45) is 0 Å². The summed E-state index contributed by atoms with van der Waals surface area (Å²) in [6, 6.07) is 26.3. The van der Waals surface area contributed by atoms with E-state index in [4.69, 9.17) is 4.74 Å². The molecule has 0 saturated carbocycles. The van der Waals surface area contributed by atoms with Gasteiger partial charge in [-0.15, -0.1) is 0 Å². The van der Waals surface area contributed by atoms with Gasteiger partial charge in [-0.3, -0.25) is 9.69 Å². The normalized spacial score (nSPS) is 14.7. The molecule has 1 aliphatic rings. The van der Waals surface area contributed by atoms with Crippen molar-refractivity contribution in [3.8, 4) is 11.3 Å². The van der Waals surface area contributed by atoms with E-state index in [1.165, 1.54) is 0 Å². The number of carbonyl (C=O) groups excluding carboxylic acids is 1. The Morgan fingerprint density at radius 3 is 2.49 bits per heavy atom. The molecule has 186 valence electrons. The second-order valence-electron chi connectivity index (χ2n) is 9.22. The zero-order valence-corrected chi connectivity index (χ0v) is 22.0.